The second-order valence-electron chi connectivity index (χ2n) is 2.43. The summed E-state index contributed by atoms with van der Waals surface area (Å²) in [5.41, 5.74) is 2.22. The number of fused-ring (bicyclic) bond motifs is 1. The molecule has 2 N–H and O–H groups in total. The summed E-state index contributed by atoms with van der Waals surface area (Å²) in [5, 5.41) is 0. The zero-order valence-corrected chi connectivity index (χ0v) is 6.01. The normalized spacial score (nSPS) is 10.6. The number of H-pyrrole nitrogens is 2. The van der Waals surface area contributed by atoms with Crippen LogP contribution in [0.25, 0.3) is 11.2 Å². The average molecular weight is 153 g/mol. The van der Waals surface area contributed by atoms with Gasteiger partial charge < -0.3 is 4.98 Å². The summed E-state index contributed by atoms with van der Waals surface area (Å²) in [5.74, 6) is 0. The van der Waals surface area contributed by atoms with Crippen molar-refractivity contribution in [2.75, 3.05) is 0 Å². The number of hydrogen-bond donors (Lipinski definition) is 2. The first-order valence-corrected chi connectivity index (χ1v) is 3.31. The Hall–Kier alpha value is -1.58. The van der Waals surface area contributed by atoms with Crippen LogP contribution in [0.5, 0.6) is 0 Å². The van der Waals surface area contributed by atoms with E-state index in [2.05, 4.69) is 15.0 Å². The Kier molecular flexibility index (Phi) is 1.09. The molecule has 0 unspecified atom stereocenters. The van der Waals surface area contributed by atoms with Gasteiger partial charge in [0.1, 0.15) is 0 Å². The molecular weight excluding hydrogens is 142 g/mol. The molecule has 0 aliphatic heterocycles. The highest BCUT2D eigenvalue weighted by molar-refractivity contribution is 5.73. The van der Waals surface area contributed by atoms with E-state index in [0.717, 1.165) is 11.1 Å². The Labute approximate surface area is 65.3 Å². The van der Waals surface area contributed by atoms with Crippen LogP contribution in [0.4, 0.5) is 0 Å². The molecule has 0 radical (unpaired) electrons. The number of aromatic amines is 2. The first-order valence-electron chi connectivity index (χ1n) is 3.31. The van der Waals surface area contributed by atoms with Gasteiger partial charge in [-0.25, -0.2) is 9.78 Å². The number of nitrogens with one attached hydrogen (secondary N) is 2. The number of nitrogens with zero attached hydrogens (tertiary/aromatic N) is 1. The van der Waals surface area contributed by atoms with E-state index >= 15 is 0 Å². The summed E-state index contributed by atoms with van der Waals surface area (Å²) in [6.07, 6.45) is 1.67. The summed E-state index contributed by atoms with van der Waals surface area (Å²) in [6.45, 7) is 1.92. The summed E-state index contributed by atoms with van der Waals surface area (Å²) >= 11 is 0. The summed E-state index contributed by atoms with van der Waals surface area (Å²) in [6, 6.07) is 1.85. The molecule has 2 aromatic heterocycles. The van der Waals surface area contributed by atoms with Crippen LogP contribution >= 0.6 is 0 Å². The molecule has 0 spiro atoms. The third kappa shape index (κ3) is 0.832. The van der Waals surface area contributed by atoms with Gasteiger partial charge in [0.25, 0.3) is 0 Å². The van der Waals surface area contributed by atoms with Gasteiger partial charge >= 0.3 is 5.69 Å². The molecule has 2 heterocycles. The van der Waals surface area contributed by atoms with Crippen LogP contribution in [-0.4, -0.2) is 15.0 Å². The Balaban J connectivity index is 0.000000720. The first kappa shape index (κ1) is 6.15. The molecule has 4 nitrogen and oxygen atoms in total. The molecule has 0 amide bonds. The van der Waals surface area contributed by atoms with Gasteiger partial charge in [-0.2, -0.15) is 0 Å². The SMILES string of the molecule is Cc1ccnc2[nH]c(=O)[nH]c12.[HH].[HH]. The van der Waals surface area contributed by atoms with E-state index in [1.54, 1.807) is 6.20 Å². The maximum Gasteiger partial charge on any atom is 0.325 e. The molecule has 0 saturated heterocycles. The van der Waals surface area contributed by atoms with Crippen LogP contribution in [0.3, 0.4) is 0 Å². The van der Waals surface area contributed by atoms with Gasteiger partial charge in [-0.05, 0) is 18.6 Å². The van der Waals surface area contributed by atoms with E-state index in [1.807, 2.05) is 13.0 Å². The van der Waals surface area contributed by atoms with Gasteiger partial charge in [0.2, 0.25) is 0 Å². The van der Waals surface area contributed by atoms with E-state index in [0.29, 0.717) is 5.65 Å². The largest absolute Gasteiger partial charge is 0.325 e. The number of pyridine rings is 1. The number of imidazole rings is 1. The average Bonchev–Trinajstić information content (AvgIpc) is 2.31. The fraction of sp³-hybridized carbons (Fsp3) is 0.143. The Morgan fingerprint density at radius 1 is 1.55 bits per heavy atom. The van der Waals surface area contributed by atoms with Crippen molar-refractivity contribution in [3.05, 3.63) is 28.3 Å². The molecule has 0 aliphatic carbocycles. The van der Waals surface area contributed by atoms with Crippen LogP contribution in [-0.2, 0) is 0 Å². The number of aryl methyl sites for hydroxylation is 1. The Morgan fingerprint density at radius 3 is 3.09 bits per heavy atom. The zero-order chi connectivity index (χ0) is 7.84. The molecule has 0 atom stereocenters. The van der Waals surface area contributed by atoms with Crippen LogP contribution in [0.2, 0.25) is 0 Å². The van der Waals surface area contributed by atoms with E-state index < -0.39 is 0 Å². The lowest BCUT2D eigenvalue weighted by Crippen LogP contribution is -1.99. The predicted molar refractivity (Wildman–Crippen MR) is 45.7 cm³/mol. The van der Waals surface area contributed by atoms with Gasteiger partial charge in [0.05, 0.1) is 5.52 Å². The molecule has 0 bridgehead atoms. The van der Waals surface area contributed by atoms with Gasteiger partial charge in [0.15, 0.2) is 5.65 Å². The summed E-state index contributed by atoms with van der Waals surface area (Å²) < 4.78 is 0. The minimum atomic E-state index is -0.207. The summed E-state index contributed by atoms with van der Waals surface area (Å²) in [7, 11) is 0. The van der Waals surface area contributed by atoms with Gasteiger partial charge in [-0.3, -0.25) is 4.98 Å². The molecular formula is C7H11N3O. The quantitative estimate of drug-likeness (QED) is 0.594. The first-order chi connectivity index (χ1) is 5.27. The standard InChI is InChI=1S/C7H7N3O.2H2/c1-4-2-3-8-6-5(4)9-7(11)10-6;;/h2-3H,1H3,(H2,8,9,10,11);2*1H. The van der Waals surface area contributed by atoms with Crippen LogP contribution in [0.1, 0.15) is 8.42 Å². The van der Waals surface area contributed by atoms with E-state index in [4.69, 9.17) is 0 Å². The minimum absolute atomic E-state index is 0. The highest BCUT2D eigenvalue weighted by Crippen LogP contribution is 2.07. The molecule has 0 aromatic carbocycles. The van der Waals surface area contributed by atoms with E-state index in [-0.39, 0.29) is 8.54 Å². The van der Waals surface area contributed by atoms with Crippen molar-refractivity contribution < 1.29 is 2.85 Å². The monoisotopic (exact) mass is 153 g/mol. The number of rotatable bonds is 0. The minimum Gasteiger partial charge on any atom is -0.304 e. The van der Waals surface area contributed by atoms with Gasteiger partial charge in [0, 0.05) is 9.05 Å². The topological polar surface area (TPSA) is 61.5 Å². The molecule has 11 heavy (non-hydrogen) atoms. The van der Waals surface area contributed by atoms with Gasteiger partial charge in [-0.15, -0.1) is 0 Å². The van der Waals surface area contributed by atoms with Crippen molar-refractivity contribution in [2.45, 2.75) is 6.92 Å². The van der Waals surface area contributed by atoms with Gasteiger partial charge in [-0.1, -0.05) is 0 Å². The number of aromatic nitrogens is 3. The molecule has 0 saturated carbocycles. The van der Waals surface area contributed by atoms with Crippen molar-refractivity contribution in [1.29, 1.82) is 0 Å². The van der Waals surface area contributed by atoms with Crippen molar-refractivity contribution >= 4 is 11.2 Å². The van der Waals surface area contributed by atoms with Crippen LogP contribution < -0.4 is 5.69 Å². The van der Waals surface area contributed by atoms with Crippen LogP contribution in [0.15, 0.2) is 17.1 Å². The highest BCUT2D eigenvalue weighted by atomic mass is 16.1. The summed E-state index contributed by atoms with van der Waals surface area (Å²) in [4.78, 5) is 20.0. The van der Waals surface area contributed by atoms with Crippen molar-refractivity contribution in [2.24, 2.45) is 0 Å². The lowest BCUT2D eigenvalue weighted by Gasteiger charge is -1.90. The maximum absolute atomic E-state index is 10.8. The third-order valence-electron chi connectivity index (χ3n) is 1.63. The predicted octanol–water partition coefficient (Wildman–Crippen LogP) is 1.05. The molecule has 0 fully saturated rings. The van der Waals surface area contributed by atoms with E-state index in [1.165, 1.54) is 0 Å². The van der Waals surface area contributed by atoms with Crippen molar-refractivity contribution in [3.63, 3.8) is 0 Å². The highest BCUT2D eigenvalue weighted by Gasteiger charge is 1.99. The lowest BCUT2D eigenvalue weighted by atomic mass is 10.3. The fourth-order valence-corrected chi connectivity index (χ4v) is 1.06. The van der Waals surface area contributed by atoms with E-state index in [9.17, 15) is 4.79 Å². The molecule has 60 valence electrons. The lowest BCUT2D eigenvalue weighted by molar-refractivity contribution is 1.20. The van der Waals surface area contributed by atoms with Crippen molar-refractivity contribution in [3.8, 4) is 0 Å². The third-order valence-corrected chi connectivity index (χ3v) is 1.63. The molecule has 2 aromatic rings. The fourth-order valence-electron chi connectivity index (χ4n) is 1.06. The number of hydrogen-bond acceptors (Lipinski definition) is 2. The maximum atomic E-state index is 10.8. The Morgan fingerprint density at radius 2 is 2.36 bits per heavy atom. The molecule has 2 rings (SSSR count). The van der Waals surface area contributed by atoms with Crippen molar-refractivity contribution in [1.82, 2.24) is 15.0 Å². The zero-order valence-electron chi connectivity index (χ0n) is 6.01. The molecule has 4 heteroatoms. The second-order valence-corrected chi connectivity index (χ2v) is 2.43. The second kappa shape index (κ2) is 1.95. The Bertz CT molecular complexity index is 448. The molecule has 0 aliphatic rings. The smallest absolute Gasteiger partial charge is 0.304 e. The van der Waals surface area contributed by atoms with Crippen LogP contribution in [0, 0.1) is 6.92 Å².